The molecule has 24 heavy (non-hydrogen) atoms. The second-order valence-corrected chi connectivity index (χ2v) is 8.23. The Bertz CT molecular complexity index is 550. The van der Waals surface area contributed by atoms with Crippen molar-refractivity contribution >= 4 is 5.97 Å². The van der Waals surface area contributed by atoms with E-state index >= 15 is 0 Å². The van der Waals surface area contributed by atoms with E-state index in [4.69, 9.17) is 5.11 Å². The van der Waals surface area contributed by atoms with Crippen LogP contribution in [0.15, 0.2) is 23.3 Å². The number of carbonyl (C=O) groups is 1. The maximum atomic E-state index is 11.8. The lowest BCUT2D eigenvalue weighted by Gasteiger charge is -2.59. The summed E-state index contributed by atoms with van der Waals surface area (Å²) in [7, 11) is 0. The van der Waals surface area contributed by atoms with Gasteiger partial charge in [-0.2, -0.15) is 0 Å². The van der Waals surface area contributed by atoms with E-state index < -0.39 is 17.5 Å². The van der Waals surface area contributed by atoms with Crippen LogP contribution in [0, 0.1) is 22.7 Å². The number of fused-ring (bicyclic) bond motifs is 1. The zero-order valence-corrected chi connectivity index (χ0v) is 15.4. The first-order chi connectivity index (χ1) is 11.2. The second-order valence-electron chi connectivity index (χ2n) is 8.23. The standard InChI is InChI=1S/C20H32O4/c1-13(9-11-21)8-10-19(3)14(2)12-17(22)20(4)15(18(23)24)6-5-7-16(19)20/h6,9,14,16-17,21-22H,5,7-8,10-12H2,1-4H3,(H,23,24)/b13-9+/t14-,16-,17-,19+,20+/m0/s1. The lowest BCUT2D eigenvalue weighted by molar-refractivity contribution is -0.148. The molecule has 4 nitrogen and oxygen atoms in total. The lowest BCUT2D eigenvalue weighted by Crippen LogP contribution is -2.57. The molecule has 0 aromatic carbocycles. The molecule has 0 radical (unpaired) electrons. The first-order valence-electron chi connectivity index (χ1n) is 9.06. The van der Waals surface area contributed by atoms with Crippen LogP contribution >= 0.6 is 0 Å². The molecule has 0 spiro atoms. The van der Waals surface area contributed by atoms with Gasteiger partial charge in [-0.3, -0.25) is 0 Å². The molecule has 0 aromatic heterocycles. The Labute approximate surface area is 145 Å². The zero-order chi connectivity index (χ0) is 18.1. The number of allylic oxidation sites excluding steroid dienone is 2. The highest BCUT2D eigenvalue weighted by molar-refractivity contribution is 5.88. The SMILES string of the molecule is C/C(=C\CO)CC[C@]1(C)[C@@H](C)C[C@H](O)[C@]2(C)C(C(=O)O)=CCC[C@@H]12. The molecule has 3 N–H and O–H groups in total. The van der Waals surface area contributed by atoms with Gasteiger partial charge in [0.15, 0.2) is 0 Å². The first kappa shape index (κ1) is 19.2. The molecule has 2 rings (SSSR count). The third-order valence-corrected chi connectivity index (χ3v) is 7.03. The fourth-order valence-corrected chi connectivity index (χ4v) is 5.18. The molecule has 0 aromatic rings. The van der Waals surface area contributed by atoms with Gasteiger partial charge in [-0.05, 0) is 56.3 Å². The van der Waals surface area contributed by atoms with Crippen LogP contribution in [0.5, 0.6) is 0 Å². The van der Waals surface area contributed by atoms with E-state index in [1.165, 1.54) is 5.57 Å². The van der Waals surface area contributed by atoms with Gasteiger partial charge in [-0.15, -0.1) is 0 Å². The van der Waals surface area contributed by atoms with Gasteiger partial charge in [0.25, 0.3) is 0 Å². The molecule has 2 aliphatic carbocycles. The average molecular weight is 336 g/mol. The minimum absolute atomic E-state index is 0.0203. The summed E-state index contributed by atoms with van der Waals surface area (Å²) in [4.78, 5) is 11.8. The van der Waals surface area contributed by atoms with Crippen LogP contribution in [-0.4, -0.2) is 34.0 Å². The Balaban J connectivity index is 2.37. The number of aliphatic hydroxyl groups is 2. The smallest absolute Gasteiger partial charge is 0.331 e. The molecule has 0 saturated heterocycles. The number of rotatable bonds is 5. The van der Waals surface area contributed by atoms with Crippen molar-refractivity contribution < 1.29 is 20.1 Å². The van der Waals surface area contributed by atoms with E-state index in [0.29, 0.717) is 17.9 Å². The zero-order valence-electron chi connectivity index (χ0n) is 15.4. The molecule has 0 aliphatic heterocycles. The third kappa shape index (κ3) is 3.06. The van der Waals surface area contributed by atoms with Crippen molar-refractivity contribution in [2.24, 2.45) is 22.7 Å². The summed E-state index contributed by atoms with van der Waals surface area (Å²) in [6.07, 6.45) is 7.23. The molecule has 1 fully saturated rings. The maximum Gasteiger partial charge on any atom is 0.331 e. The number of hydrogen-bond acceptors (Lipinski definition) is 3. The largest absolute Gasteiger partial charge is 0.478 e. The van der Waals surface area contributed by atoms with Crippen LogP contribution < -0.4 is 0 Å². The summed E-state index contributed by atoms with van der Waals surface area (Å²) in [5.74, 6) is -0.406. The number of carboxylic acids is 1. The minimum Gasteiger partial charge on any atom is -0.478 e. The van der Waals surface area contributed by atoms with Crippen LogP contribution in [0.25, 0.3) is 0 Å². The highest BCUT2D eigenvalue weighted by Crippen LogP contribution is 2.62. The lowest BCUT2D eigenvalue weighted by atomic mass is 9.45. The van der Waals surface area contributed by atoms with E-state index in [0.717, 1.165) is 25.7 Å². The molecule has 0 heterocycles. The topological polar surface area (TPSA) is 77.8 Å². The summed E-state index contributed by atoms with van der Waals surface area (Å²) >= 11 is 0. The van der Waals surface area contributed by atoms with Gasteiger partial charge < -0.3 is 15.3 Å². The molecule has 0 amide bonds. The van der Waals surface area contributed by atoms with E-state index in [1.807, 2.05) is 26.0 Å². The Morgan fingerprint density at radius 3 is 2.67 bits per heavy atom. The van der Waals surface area contributed by atoms with Gasteiger partial charge in [0.2, 0.25) is 0 Å². The van der Waals surface area contributed by atoms with Crippen molar-refractivity contribution in [2.75, 3.05) is 6.61 Å². The van der Waals surface area contributed by atoms with Crippen molar-refractivity contribution in [2.45, 2.75) is 65.9 Å². The molecule has 136 valence electrons. The quantitative estimate of drug-likeness (QED) is 0.671. The van der Waals surface area contributed by atoms with E-state index in [2.05, 4.69) is 13.8 Å². The molecule has 1 saturated carbocycles. The van der Waals surface area contributed by atoms with Gasteiger partial charge >= 0.3 is 5.97 Å². The second kappa shape index (κ2) is 7.01. The number of aliphatic carboxylic acids is 1. The number of carboxylic acid groups (broad SMARTS) is 1. The summed E-state index contributed by atoms with van der Waals surface area (Å²) in [6.45, 7) is 8.49. The minimum atomic E-state index is -0.894. The monoisotopic (exact) mass is 336 g/mol. The van der Waals surface area contributed by atoms with Gasteiger partial charge in [0, 0.05) is 11.0 Å². The summed E-state index contributed by atoms with van der Waals surface area (Å²) in [6, 6.07) is 0. The summed E-state index contributed by atoms with van der Waals surface area (Å²) in [5, 5.41) is 29.5. The fourth-order valence-electron chi connectivity index (χ4n) is 5.18. The fraction of sp³-hybridized carbons (Fsp3) is 0.750. The highest BCUT2D eigenvalue weighted by atomic mass is 16.4. The molecule has 0 unspecified atom stereocenters. The molecule has 4 heteroatoms. The molecule has 5 atom stereocenters. The van der Waals surface area contributed by atoms with E-state index in [-0.39, 0.29) is 17.9 Å². The summed E-state index contributed by atoms with van der Waals surface area (Å²) in [5.41, 5.74) is 0.864. The Kier molecular flexibility index (Phi) is 5.61. The third-order valence-electron chi connectivity index (χ3n) is 7.03. The van der Waals surface area contributed by atoms with E-state index in [1.54, 1.807) is 0 Å². The predicted octanol–water partition coefficient (Wildman–Crippen LogP) is 3.54. The normalized spacial score (nSPS) is 40.0. The van der Waals surface area contributed by atoms with Crippen molar-refractivity contribution in [1.29, 1.82) is 0 Å². The van der Waals surface area contributed by atoms with Crippen LogP contribution in [0.3, 0.4) is 0 Å². The van der Waals surface area contributed by atoms with Gasteiger partial charge in [-0.25, -0.2) is 4.79 Å². The Morgan fingerprint density at radius 2 is 2.08 bits per heavy atom. The number of aliphatic hydroxyl groups excluding tert-OH is 2. The Hall–Kier alpha value is -1.13. The Morgan fingerprint density at radius 1 is 1.42 bits per heavy atom. The van der Waals surface area contributed by atoms with E-state index in [9.17, 15) is 15.0 Å². The van der Waals surface area contributed by atoms with Crippen LogP contribution in [0.4, 0.5) is 0 Å². The maximum absolute atomic E-state index is 11.8. The van der Waals surface area contributed by atoms with Gasteiger partial charge in [0.1, 0.15) is 0 Å². The molecule has 0 bridgehead atoms. The van der Waals surface area contributed by atoms with Gasteiger partial charge in [0.05, 0.1) is 12.7 Å². The van der Waals surface area contributed by atoms with Crippen LogP contribution in [0.1, 0.15) is 59.8 Å². The van der Waals surface area contributed by atoms with Crippen LogP contribution in [0.2, 0.25) is 0 Å². The van der Waals surface area contributed by atoms with Crippen molar-refractivity contribution in [3.05, 3.63) is 23.3 Å². The molecular weight excluding hydrogens is 304 g/mol. The number of hydrogen-bond donors (Lipinski definition) is 3. The molecule has 2 aliphatic rings. The first-order valence-corrected chi connectivity index (χ1v) is 9.06. The molecular formula is C20H32O4. The average Bonchev–Trinajstić information content (AvgIpc) is 2.51. The van der Waals surface area contributed by atoms with Crippen molar-refractivity contribution in [1.82, 2.24) is 0 Å². The predicted molar refractivity (Wildman–Crippen MR) is 94.5 cm³/mol. The van der Waals surface area contributed by atoms with Crippen molar-refractivity contribution in [3.63, 3.8) is 0 Å². The van der Waals surface area contributed by atoms with Crippen LogP contribution in [-0.2, 0) is 4.79 Å². The van der Waals surface area contributed by atoms with Crippen molar-refractivity contribution in [3.8, 4) is 0 Å². The highest BCUT2D eigenvalue weighted by Gasteiger charge is 2.59. The summed E-state index contributed by atoms with van der Waals surface area (Å²) < 4.78 is 0. The van der Waals surface area contributed by atoms with Gasteiger partial charge in [-0.1, -0.05) is 38.5 Å².